The molecule has 0 spiro atoms. The number of ether oxygens (including phenoxy) is 1. The zero-order valence-corrected chi connectivity index (χ0v) is 20.8. The van der Waals surface area contributed by atoms with E-state index in [4.69, 9.17) is 9.15 Å². The lowest BCUT2D eigenvalue weighted by Crippen LogP contribution is -2.48. The van der Waals surface area contributed by atoms with Crippen molar-refractivity contribution in [1.82, 2.24) is 10.6 Å². The molecule has 4 aromatic rings. The Morgan fingerprint density at radius 2 is 1.68 bits per heavy atom. The molecule has 0 aliphatic carbocycles. The fraction of sp³-hybridized carbons (Fsp3) is 0.233. The van der Waals surface area contributed by atoms with Gasteiger partial charge in [-0.1, -0.05) is 66.7 Å². The first-order valence-corrected chi connectivity index (χ1v) is 12.7. The van der Waals surface area contributed by atoms with E-state index in [1.807, 2.05) is 72.8 Å². The summed E-state index contributed by atoms with van der Waals surface area (Å²) in [5, 5.41) is 7.37. The predicted molar refractivity (Wildman–Crippen MR) is 144 cm³/mol. The van der Waals surface area contributed by atoms with Crippen molar-refractivity contribution in [2.24, 2.45) is 0 Å². The molecule has 1 aliphatic heterocycles. The van der Waals surface area contributed by atoms with E-state index in [2.05, 4.69) is 10.6 Å². The number of carbonyl (C=O) groups is 3. The van der Waals surface area contributed by atoms with Crippen LogP contribution in [0.25, 0.3) is 10.8 Å². The summed E-state index contributed by atoms with van der Waals surface area (Å²) in [4.78, 5) is 41.7. The third kappa shape index (κ3) is 5.60. The number of nitrogens with zero attached hydrogens (tertiary/aromatic N) is 1. The number of hydrogen-bond acceptors (Lipinski definition) is 5. The molecule has 1 fully saturated rings. The second-order valence-corrected chi connectivity index (χ2v) is 9.12. The van der Waals surface area contributed by atoms with Crippen LogP contribution in [0.4, 0.5) is 5.69 Å². The molecule has 2 atom stereocenters. The van der Waals surface area contributed by atoms with Crippen molar-refractivity contribution in [1.29, 1.82) is 0 Å². The van der Waals surface area contributed by atoms with E-state index < -0.39 is 17.9 Å². The lowest BCUT2D eigenvalue weighted by molar-refractivity contribution is -0.126. The molecule has 1 aromatic heterocycles. The fourth-order valence-electron chi connectivity index (χ4n) is 4.74. The van der Waals surface area contributed by atoms with E-state index in [0.29, 0.717) is 24.4 Å². The number of amides is 3. The number of carbonyl (C=O) groups excluding carboxylic acids is 3. The van der Waals surface area contributed by atoms with Crippen molar-refractivity contribution in [3.63, 3.8) is 0 Å². The summed E-state index contributed by atoms with van der Waals surface area (Å²) in [7, 11) is 0. The van der Waals surface area contributed by atoms with Crippen molar-refractivity contribution >= 4 is 34.2 Å². The fourth-order valence-corrected chi connectivity index (χ4v) is 4.74. The van der Waals surface area contributed by atoms with Crippen LogP contribution < -0.4 is 15.5 Å². The highest BCUT2D eigenvalue weighted by molar-refractivity contribution is 6.09. The second-order valence-electron chi connectivity index (χ2n) is 9.12. The number of fused-ring (bicyclic) bond motifs is 1. The highest BCUT2D eigenvalue weighted by Gasteiger charge is 2.34. The first-order valence-electron chi connectivity index (χ1n) is 12.7. The van der Waals surface area contributed by atoms with Gasteiger partial charge in [-0.15, -0.1) is 0 Å². The van der Waals surface area contributed by atoms with E-state index in [-0.39, 0.29) is 24.3 Å². The molecule has 1 saturated heterocycles. The Labute approximate surface area is 220 Å². The Balaban J connectivity index is 1.52. The van der Waals surface area contributed by atoms with Crippen LogP contribution >= 0.6 is 0 Å². The molecule has 38 heavy (non-hydrogen) atoms. The van der Waals surface area contributed by atoms with Crippen molar-refractivity contribution in [2.45, 2.75) is 25.0 Å². The highest BCUT2D eigenvalue weighted by atomic mass is 16.5. The monoisotopic (exact) mass is 511 g/mol. The number of hydrogen-bond donors (Lipinski definition) is 2. The van der Waals surface area contributed by atoms with Gasteiger partial charge < -0.3 is 19.8 Å². The smallest absolute Gasteiger partial charge is 0.287 e. The minimum absolute atomic E-state index is 0.0512. The summed E-state index contributed by atoms with van der Waals surface area (Å²) in [6.07, 6.45) is 3.17. The number of benzene rings is 3. The minimum Gasteiger partial charge on any atom is -0.459 e. The van der Waals surface area contributed by atoms with Gasteiger partial charge in [0.05, 0.1) is 24.6 Å². The minimum atomic E-state index is -0.976. The molecule has 2 heterocycles. The Kier molecular flexibility index (Phi) is 7.80. The summed E-state index contributed by atoms with van der Waals surface area (Å²) in [6.45, 7) is 0.707. The lowest BCUT2D eigenvalue weighted by atomic mass is 10.0. The van der Waals surface area contributed by atoms with Gasteiger partial charge in [-0.2, -0.15) is 0 Å². The number of rotatable bonds is 9. The van der Waals surface area contributed by atoms with E-state index in [9.17, 15) is 14.4 Å². The molecule has 0 bridgehead atoms. The lowest BCUT2D eigenvalue weighted by Gasteiger charge is -2.32. The van der Waals surface area contributed by atoms with Gasteiger partial charge >= 0.3 is 0 Å². The zero-order chi connectivity index (χ0) is 26.3. The van der Waals surface area contributed by atoms with Crippen LogP contribution in [-0.2, 0) is 14.3 Å². The molecular weight excluding hydrogens is 482 g/mol. The number of furan rings is 1. The van der Waals surface area contributed by atoms with Gasteiger partial charge in [0.1, 0.15) is 6.04 Å². The van der Waals surface area contributed by atoms with E-state index in [1.165, 1.54) is 17.2 Å². The number of anilines is 1. The Morgan fingerprint density at radius 1 is 0.895 bits per heavy atom. The molecule has 0 unspecified atom stereocenters. The van der Waals surface area contributed by atoms with E-state index in [1.54, 1.807) is 6.07 Å². The van der Waals surface area contributed by atoms with Gasteiger partial charge in [0.25, 0.3) is 5.91 Å². The maximum absolute atomic E-state index is 13.9. The SMILES string of the molecule is O=C(NCC(=O)N(c1cccc2ccccc12)[C@@H](C(=O)NC[C@@H]1CCCO1)c1ccccc1)c1ccco1. The largest absolute Gasteiger partial charge is 0.459 e. The topological polar surface area (TPSA) is 101 Å². The van der Waals surface area contributed by atoms with Gasteiger partial charge in [-0.25, -0.2) is 0 Å². The highest BCUT2D eigenvalue weighted by Crippen LogP contribution is 2.34. The first kappa shape index (κ1) is 25.2. The van der Waals surface area contributed by atoms with Crippen molar-refractivity contribution in [3.8, 4) is 0 Å². The van der Waals surface area contributed by atoms with Crippen molar-refractivity contribution in [3.05, 3.63) is 103 Å². The van der Waals surface area contributed by atoms with Crippen LogP contribution in [-0.4, -0.2) is 43.5 Å². The molecule has 1 aliphatic rings. The predicted octanol–water partition coefficient (Wildman–Crippen LogP) is 4.23. The molecule has 8 nitrogen and oxygen atoms in total. The molecule has 5 rings (SSSR count). The average Bonchev–Trinajstić information content (AvgIpc) is 3.68. The van der Waals surface area contributed by atoms with Gasteiger partial charge in [-0.3, -0.25) is 19.3 Å². The van der Waals surface area contributed by atoms with Gasteiger partial charge in [0.2, 0.25) is 11.8 Å². The van der Waals surface area contributed by atoms with E-state index >= 15 is 0 Å². The molecule has 0 radical (unpaired) electrons. The van der Waals surface area contributed by atoms with Crippen LogP contribution in [0.3, 0.4) is 0 Å². The molecule has 3 aromatic carbocycles. The van der Waals surface area contributed by atoms with Gasteiger partial charge in [0, 0.05) is 18.5 Å². The van der Waals surface area contributed by atoms with Crippen LogP contribution in [0.15, 0.2) is 95.6 Å². The third-order valence-electron chi connectivity index (χ3n) is 6.59. The third-order valence-corrected chi connectivity index (χ3v) is 6.59. The first-order chi connectivity index (χ1) is 18.6. The summed E-state index contributed by atoms with van der Waals surface area (Å²) in [6, 6.07) is 24.6. The molecule has 2 N–H and O–H groups in total. The quantitative estimate of drug-likeness (QED) is 0.350. The van der Waals surface area contributed by atoms with Crippen LogP contribution in [0.2, 0.25) is 0 Å². The Hall–Kier alpha value is -4.43. The molecule has 3 amide bonds. The number of nitrogens with one attached hydrogen (secondary N) is 2. The maximum atomic E-state index is 13.9. The summed E-state index contributed by atoms with van der Waals surface area (Å²) < 4.78 is 10.8. The van der Waals surface area contributed by atoms with Gasteiger partial charge in [-0.05, 0) is 42.0 Å². The van der Waals surface area contributed by atoms with Gasteiger partial charge in [0.15, 0.2) is 5.76 Å². The normalized spacial score (nSPS) is 15.6. The van der Waals surface area contributed by atoms with E-state index in [0.717, 1.165) is 23.6 Å². The van der Waals surface area contributed by atoms with Crippen LogP contribution in [0.5, 0.6) is 0 Å². The van der Waals surface area contributed by atoms with Crippen LogP contribution in [0, 0.1) is 0 Å². The molecule has 0 saturated carbocycles. The summed E-state index contributed by atoms with van der Waals surface area (Å²) in [5.74, 6) is -1.18. The zero-order valence-electron chi connectivity index (χ0n) is 20.8. The Bertz CT molecular complexity index is 1390. The van der Waals surface area contributed by atoms with Crippen LogP contribution in [0.1, 0.15) is 35.0 Å². The summed E-state index contributed by atoms with van der Waals surface area (Å²) in [5.41, 5.74) is 1.22. The molecular formula is C30H29N3O5. The van der Waals surface area contributed by atoms with Crippen molar-refractivity contribution in [2.75, 3.05) is 24.6 Å². The maximum Gasteiger partial charge on any atom is 0.287 e. The summed E-state index contributed by atoms with van der Waals surface area (Å²) >= 11 is 0. The molecule has 194 valence electrons. The standard InChI is InChI=1S/C30H29N3O5/c34-27(20-32-29(35)26-16-8-18-38-26)33(25-15-6-12-21-9-4-5-14-24(21)25)28(22-10-2-1-3-11-22)30(36)31-19-23-13-7-17-37-23/h1-6,8-12,14-16,18,23,28H,7,13,17,19-20H2,(H,31,36)(H,32,35)/t23-,28+/m0/s1. The average molecular weight is 512 g/mol. The molecule has 8 heteroatoms. The van der Waals surface area contributed by atoms with Crippen molar-refractivity contribution < 1.29 is 23.5 Å². The second kappa shape index (κ2) is 11.7. The Morgan fingerprint density at radius 3 is 2.45 bits per heavy atom.